The number of halogens is 1. The van der Waals surface area contributed by atoms with Crippen LogP contribution in [0.2, 0.25) is 0 Å². The number of hydrogen-bond acceptors (Lipinski definition) is 4. The van der Waals surface area contributed by atoms with Crippen molar-refractivity contribution in [1.82, 2.24) is 4.90 Å². The van der Waals surface area contributed by atoms with Crippen LogP contribution in [0.4, 0.5) is 0 Å². The fourth-order valence-corrected chi connectivity index (χ4v) is 3.27. The van der Waals surface area contributed by atoms with E-state index >= 15 is 0 Å². The van der Waals surface area contributed by atoms with Crippen molar-refractivity contribution in [3.8, 4) is 28.7 Å². The molecule has 0 N–H and O–H groups in total. The molecule has 2 aromatic rings. The van der Waals surface area contributed by atoms with Gasteiger partial charge in [-0.15, -0.1) is 12.4 Å². The van der Waals surface area contributed by atoms with Gasteiger partial charge in [-0.2, -0.15) is 11.3 Å². The number of allylic oxidation sites excluding steroid dienone is 1. The van der Waals surface area contributed by atoms with E-state index in [4.69, 9.17) is 9.47 Å². The molecule has 5 heteroatoms. The lowest BCUT2D eigenvalue weighted by atomic mass is 9.98. The van der Waals surface area contributed by atoms with E-state index in [1.54, 1.807) is 11.3 Å². The normalized spacial score (nSPS) is 11.2. The van der Waals surface area contributed by atoms with Crippen LogP contribution in [-0.4, -0.2) is 44.4 Å². The fraction of sp³-hybridized carbons (Fsp3) is 0.440. The molecule has 0 fully saturated rings. The minimum atomic E-state index is 0. The van der Waals surface area contributed by atoms with Crippen LogP contribution in [-0.2, 0) is 4.74 Å². The first-order chi connectivity index (χ1) is 14.0. The Balaban J connectivity index is 0.00000450. The lowest BCUT2D eigenvalue weighted by Gasteiger charge is -2.18. The Labute approximate surface area is 192 Å². The molecule has 1 aromatic heterocycles. The number of nitrogens with zero attached hydrogens (tertiary/aromatic N) is 1. The Morgan fingerprint density at radius 3 is 2.63 bits per heavy atom. The standard InChI is InChI=1S/C25H33NO2S.ClH/c1-5-26(14-8-6-7-13-25(2,3)4)15-16-27-17-18-28-24-11-9-10-22(20-24)23-12-19-29-21-23;/h6,8-12,19-21H,5,14-18H2,1-4H3;1H/b8-6+;. The van der Waals surface area contributed by atoms with Crippen LogP contribution in [0, 0.1) is 17.3 Å². The molecule has 0 saturated carbocycles. The van der Waals surface area contributed by atoms with Gasteiger partial charge in [0.15, 0.2) is 0 Å². The van der Waals surface area contributed by atoms with Gasteiger partial charge in [0, 0.05) is 18.5 Å². The predicted molar refractivity (Wildman–Crippen MR) is 132 cm³/mol. The molecule has 2 rings (SSSR count). The Bertz CT molecular complexity index is 801. The van der Waals surface area contributed by atoms with Gasteiger partial charge in [-0.05, 0) is 73.5 Å². The molecular formula is C25H34ClNO2S. The van der Waals surface area contributed by atoms with Gasteiger partial charge in [0.2, 0.25) is 0 Å². The molecule has 3 nitrogen and oxygen atoms in total. The summed E-state index contributed by atoms with van der Waals surface area (Å²) in [4.78, 5) is 2.33. The van der Waals surface area contributed by atoms with E-state index in [-0.39, 0.29) is 17.8 Å². The molecule has 0 aliphatic heterocycles. The number of thiophene rings is 1. The second-order valence-corrected chi connectivity index (χ2v) is 8.60. The second kappa shape index (κ2) is 14.3. The molecule has 0 bridgehead atoms. The van der Waals surface area contributed by atoms with Crippen LogP contribution in [0.5, 0.6) is 5.75 Å². The third-order valence-corrected chi connectivity index (χ3v) is 4.88. The van der Waals surface area contributed by atoms with Crippen molar-refractivity contribution in [1.29, 1.82) is 0 Å². The fourth-order valence-electron chi connectivity index (χ4n) is 2.61. The van der Waals surface area contributed by atoms with Gasteiger partial charge in [-0.25, -0.2) is 0 Å². The van der Waals surface area contributed by atoms with Gasteiger partial charge in [0.05, 0.1) is 13.2 Å². The zero-order chi connectivity index (χ0) is 21.0. The van der Waals surface area contributed by atoms with Crippen molar-refractivity contribution < 1.29 is 9.47 Å². The Morgan fingerprint density at radius 1 is 1.10 bits per heavy atom. The molecule has 1 heterocycles. The lowest BCUT2D eigenvalue weighted by molar-refractivity contribution is 0.0832. The van der Waals surface area contributed by atoms with Gasteiger partial charge in [-0.1, -0.05) is 37.0 Å². The van der Waals surface area contributed by atoms with E-state index in [0.29, 0.717) is 19.8 Å². The smallest absolute Gasteiger partial charge is 0.120 e. The first-order valence-corrected chi connectivity index (χ1v) is 11.2. The van der Waals surface area contributed by atoms with E-state index in [0.717, 1.165) is 25.4 Å². The van der Waals surface area contributed by atoms with Crippen LogP contribution in [0.1, 0.15) is 27.7 Å². The van der Waals surface area contributed by atoms with Crippen molar-refractivity contribution in [3.05, 3.63) is 53.2 Å². The molecule has 0 amide bonds. The Hall–Kier alpha value is -1.77. The molecule has 1 aromatic carbocycles. The molecule has 0 aliphatic rings. The van der Waals surface area contributed by atoms with Crippen LogP contribution in [0.15, 0.2) is 53.2 Å². The molecule has 0 saturated heterocycles. The summed E-state index contributed by atoms with van der Waals surface area (Å²) < 4.78 is 11.6. The molecule has 0 radical (unpaired) electrons. The average Bonchev–Trinajstić information content (AvgIpc) is 3.23. The maximum Gasteiger partial charge on any atom is 0.120 e. The quantitative estimate of drug-likeness (QED) is 0.304. The zero-order valence-electron chi connectivity index (χ0n) is 18.5. The highest BCUT2D eigenvalue weighted by Gasteiger charge is 2.03. The molecule has 0 spiro atoms. The number of likely N-dealkylation sites (N-methyl/N-ethyl adjacent to an activating group) is 1. The van der Waals surface area contributed by atoms with Crippen molar-refractivity contribution in [3.63, 3.8) is 0 Å². The van der Waals surface area contributed by atoms with Crippen LogP contribution >= 0.6 is 23.7 Å². The highest BCUT2D eigenvalue weighted by atomic mass is 35.5. The zero-order valence-corrected chi connectivity index (χ0v) is 20.2. The van der Waals surface area contributed by atoms with Crippen molar-refractivity contribution in [2.24, 2.45) is 5.41 Å². The molecule has 30 heavy (non-hydrogen) atoms. The summed E-state index contributed by atoms with van der Waals surface area (Å²) in [5.74, 6) is 7.21. The van der Waals surface area contributed by atoms with Crippen molar-refractivity contribution >= 4 is 23.7 Å². The molecule has 0 atom stereocenters. The molecule has 0 unspecified atom stereocenters. The Morgan fingerprint density at radius 2 is 1.93 bits per heavy atom. The SMILES string of the molecule is CCN(C/C=C/C#CC(C)(C)C)CCOCCOc1cccc(-c2ccsc2)c1.Cl. The topological polar surface area (TPSA) is 21.7 Å². The summed E-state index contributed by atoms with van der Waals surface area (Å²) in [5, 5.41) is 4.24. The third kappa shape index (κ3) is 10.8. The summed E-state index contributed by atoms with van der Waals surface area (Å²) in [5.41, 5.74) is 2.47. The summed E-state index contributed by atoms with van der Waals surface area (Å²) in [6.07, 6.45) is 4.07. The minimum absolute atomic E-state index is 0. The van der Waals surface area contributed by atoms with Crippen LogP contribution in [0.3, 0.4) is 0 Å². The van der Waals surface area contributed by atoms with Crippen LogP contribution < -0.4 is 4.74 Å². The van der Waals surface area contributed by atoms with E-state index in [1.807, 2.05) is 18.2 Å². The van der Waals surface area contributed by atoms with Crippen molar-refractivity contribution in [2.75, 3.05) is 39.5 Å². The first-order valence-electron chi connectivity index (χ1n) is 10.2. The molecule has 164 valence electrons. The third-order valence-electron chi connectivity index (χ3n) is 4.20. The predicted octanol–water partition coefficient (Wildman–Crippen LogP) is 6.16. The van der Waals surface area contributed by atoms with E-state index in [1.165, 1.54) is 11.1 Å². The van der Waals surface area contributed by atoms with Crippen molar-refractivity contribution in [2.45, 2.75) is 27.7 Å². The first kappa shape index (κ1) is 26.3. The van der Waals surface area contributed by atoms with Gasteiger partial charge in [0.25, 0.3) is 0 Å². The summed E-state index contributed by atoms with van der Waals surface area (Å²) in [6, 6.07) is 10.3. The Kier molecular flexibility index (Phi) is 12.5. The maximum absolute atomic E-state index is 5.84. The van der Waals surface area contributed by atoms with E-state index in [9.17, 15) is 0 Å². The van der Waals surface area contributed by atoms with Gasteiger partial charge in [0.1, 0.15) is 12.4 Å². The van der Waals surface area contributed by atoms with Gasteiger partial charge in [-0.3, -0.25) is 4.90 Å². The molecular weight excluding hydrogens is 414 g/mol. The van der Waals surface area contributed by atoms with Gasteiger partial charge < -0.3 is 9.47 Å². The van der Waals surface area contributed by atoms with E-state index in [2.05, 4.69) is 79.5 Å². The second-order valence-electron chi connectivity index (χ2n) is 7.82. The largest absolute Gasteiger partial charge is 0.491 e. The number of rotatable bonds is 11. The van der Waals surface area contributed by atoms with E-state index < -0.39 is 0 Å². The van der Waals surface area contributed by atoms with Crippen LogP contribution in [0.25, 0.3) is 11.1 Å². The summed E-state index contributed by atoms with van der Waals surface area (Å²) in [7, 11) is 0. The lowest BCUT2D eigenvalue weighted by Crippen LogP contribution is -2.28. The highest BCUT2D eigenvalue weighted by molar-refractivity contribution is 7.08. The minimum Gasteiger partial charge on any atom is -0.491 e. The number of benzene rings is 1. The maximum atomic E-state index is 5.84. The number of hydrogen-bond donors (Lipinski definition) is 0. The summed E-state index contributed by atoms with van der Waals surface area (Å²) in [6.45, 7) is 13.2. The highest BCUT2D eigenvalue weighted by Crippen LogP contribution is 2.25. The number of ether oxygens (including phenoxy) is 2. The van der Waals surface area contributed by atoms with Gasteiger partial charge >= 0.3 is 0 Å². The molecule has 0 aliphatic carbocycles. The summed E-state index contributed by atoms with van der Waals surface area (Å²) >= 11 is 1.70. The monoisotopic (exact) mass is 447 g/mol. The average molecular weight is 448 g/mol.